The van der Waals surface area contributed by atoms with Crippen LogP contribution in [0.2, 0.25) is 5.02 Å². The monoisotopic (exact) mass is 498 g/mol. The van der Waals surface area contributed by atoms with Crippen molar-refractivity contribution in [2.45, 2.75) is 25.6 Å². The summed E-state index contributed by atoms with van der Waals surface area (Å²) in [4.78, 5) is 22.8. The molecular weight excluding hydrogens is 477 g/mol. The first-order valence-electron chi connectivity index (χ1n) is 11.3. The number of benzene rings is 3. The molecule has 1 aliphatic heterocycles. The number of carbonyl (C=O) groups excluding carboxylic acids is 1. The molecule has 1 fully saturated rings. The minimum Gasteiger partial charge on any atom is -0.338 e. The highest BCUT2D eigenvalue weighted by Gasteiger charge is 2.35. The summed E-state index contributed by atoms with van der Waals surface area (Å²) in [6, 6.07) is 16.1. The maximum absolute atomic E-state index is 13.6. The SMILES string of the molecule is O=C(Nc1cccc(CN2CCCC2)c1)c1cccc2[nH]c(-c3ccc(Cl)cc3C(F)(F)F)nc12. The highest BCUT2D eigenvalue weighted by molar-refractivity contribution is 6.30. The average molecular weight is 499 g/mol. The molecule has 1 amide bonds. The lowest BCUT2D eigenvalue weighted by molar-refractivity contribution is -0.137. The minimum atomic E-state index is -4.61. The smallest absolute Gasteiger partial charge is 0.338 e. The second-order valence-corrected chi connectivity index (χ2v) is 9.05. The first kappa shape index (κ1) is 23.4. The Balaban J connectivity index is 1.44. The normalized spacial score (nSPS) is 14.5. The molecule has 2 N–H and O–H groups in total. The number of nitrogens with one attached hydrogen (secondary N) is 2. The van der Waals surface area contributed by atoms with Crippen molar-refractivity contribution in [2.24, 2.45) is 0 Å². The second-order valence-electron chi connectivity index (χ2n) is 8.61. The molecule has 0 unspecified atom stereocenters. The van der Waals surface area contributed by atoms with Gasteiger partial charge in [-0.3, -0.25) is 9.69 Å². The number of nitrogens with zero attached hydrogens (tertiary/aromatic N) is 2. The van der Waals surface area contributed by atoms with Crippen LogP contribution in [-0.2, 0) is 12.7 Å². The van der Waals surface area contributed by atoms with Crippen LogP contribution in [0.4, 0.5) is 18.9 Å². The fraction of sp³-hybridized carbons (Fsp3) is 0.231. The Labute approximate surface area is 204 Å². The summed E-state index contributed by atoms with van der Waals surface area (Å²) in [7, 11) is 0. The zero-order valence-electron chi connectivity index (χ0n) is 18.6. The number of halogens is 4. The Morgan fingerprint density at radius 2 is 1.83 bits per heavy atom. The molecule has 1 aromatic heterocycles. The zero-order valence-corrected chi connectivity index (χ0v) is 19.4. The quantitative estimate of drug-likeness (QED) is 0.320. The van der Waals surface area contributed by atoms with Crippen molar-refractivity contribution >= 4 is 34.2 Å². The van der Waals surface area contributed by atoms with Crippen molar-refractivity contribution in [1.82, 2.24) is 14.9 Å². The molecule has 5 nitrogen and oxygen atoms in total. The van der Waals surface area contributed by atoms with Crippen LogP contribution in [0.15, 0.2) is 60.7 Å². The summed E-state index contributed by atoms with van der Waals surface area (Å²) in [6.45, 7) is 2.97. The summed E-state index contributed by atoms with van der Waals surface area (Å²) in [5, 5.41) is 2.88. The standard InChI is InChI=1S/C26H22ClF3N4O/c27-17-9-10-19(21(14-17)26(28,29)30)24-32-22-8-4-7-20(23(22)33-24)25(35)31-18-6-3-5-16(13-18)15-34-11-1-2-12-34/h3-10,13-14H,1-2,11-12,15H2,(H,31,35)(H,32,33). The summed E-state index contributed by atoms with van der Waals surface area (Å²) < 4.78 is 40.8. The molecule has 1 saturated heterocycles. The number of hydrogen-bond donors (Lipinski definition) is 2. The lowest BCUT2D eigenvalue weighted by Gasteiger charge is -2.15. The van der Waals surface area contributed by atoms with Crippen molar-refractivity contribution in [2.75, 3.05) is 18.4 Å². The first-order valence-corrected chi connectivity index (χ1v) is 11.6. The van der Waals surface area contributed by atoms with E-state index in [1.165, 1.54) is 25.0 Å². The predicted octanol–water partition coefficient (Wildman–Crippen LogP) is 6.75. The Morgan fingerprint density at radius 1 is 1.06 bits per heavy atom. The molecule has 180 valence electrons. The maximum atomic E-state index is 13.6. The van der Waals surface area contributed by atoms with Gasteiger partial charge in [-0.1, -0.05) is 29.8 Å². The molecule has 3 aromatic carbocycles. The molecule has 1 aliphatic rings. The second kappa shape index (κ2) is 9.36. The molecule has 9 heteroatoms. The van der Waals surface area contributed by atoms with Crippen molar-refractivity contribution < 1.29 is 18.0 Å². The van der Waals surface area contributed by atoms with Gasteiger partial charge in [0.1, 0.15) is 11.3 Å². The van der Waals surface area contributed by atoms with Crippen LogP contribution in [0, 0.1) is 0 Å². The van der Waals surface area contributed by atoms with E-state index in [1.54, 1.807) is 18.2 Å². The Bertz CT molecular complexity index is 1390. The number of amides is 1. The number of H-pyrrole nitrogens is 1. The number of aromatic nitrogens is 2. The van der Waals surface area contributed by atoms with Gasteiger partial charge >= 0.3 is 6.18 Å². The van der Waals surface area contributed by atoms with Gasteiger partial charge in [0, 0.05) is 22.8 Å². The van der Waals surface area contributed by atoms with Crippen LogP contribution in [-0.4, -0.2) is 33.9 Å². The number of hydrogen-bond acceptors (Lipinski definition) is 3. The Morgan fingerprint density at radius 3 is 2.60 bits per heavy atom. The third kappa shape index (κ3) is 5.04. The summed E-state index contributed by atoms with van der Waals surface area (Å²) in [5.41, 5.74) is 1.72. The number of anilines is 1. The van der Waals surface area contributed by atoms with E-state index in [9.17, 15) is 18.0 Å². The van der Waals surface area contributed by atoms with E-state index in [0.29, 0.717) is 11.2 Å². The van der Waals surface area contributed by atoms with Crippen LogP contribution in [0.5, 0.6) is 0 Å². The van der Waals surface area contributed by atoms with E-state index in [2.05, 4.69) is 20.2 Å². The van der Waals surface area contributed by atoms with Gasteiger partial charge in [-0.25, -0.2) is 4.98 Å². The van der Waals surface area contributed by atoms with Crippen LogP contribution in [0.1, 0.15) is 34.3 Å². The van der Waals surface area contributed by atoms with E-state index >= 15 is 0 Å². The third-order valence-electron chi connectivity index (χ3n) is 6.09. The summed E-state index contributed by atoms with van der Waals surface area (Å²) >= 11 is 5.81. The van der Waals surface area contributed by atoms with Crippen LogP contribution < -0.4 is 5.32 Å². The number of imidazole rings is 1. The molecule has 0 spiro atoms. The van der Waals surface area contributed by atoms with Gasteiger partial charge < -0.3 is 10.3 Å². The summed E-state index contributed by atoms with van der Waals surface area (Å²) in [5.74, 6) is -0.379. The van der Waals surface area contributed by atoms with Gasteiger partial charge in [-0.2, -0.15) is 13.2 Å². The number of alkyl halides is 3. The van der Waals surface area contributed by atoms with Crippen molar-refractivity contribution in [3.63, 3.8) is 0 Å². The van der Waals surface area contributed by atoms with Gasteiger partial charge in [-0.15, -0.1) is 0 Å². The van der Waals surface area contributed by atoms with Crippen molar-refractivity contribution in [3.05, 3.63) is 82.4 Å². The molecule has 0 aliphatic carbocycles. The third-order valence-corrected chi connectivity index (χ3v) is 6.32. The lowest BCUT2D eigenvalue weighted by Crippen LogP contribution is -2.18. The molecule has 5 rings (SSSR count). The molecule has 0 radical (unpaired) electrons. The fourth-order valence-electron chi connectivity index (χ4n) is 4.45. The Kier molecular flexibility index (Phi) is 6.25. The Hall–Kier alpha value is -3.36. The van der Waals surface area contributed by atoms with E-state index < -0.39 is 11.7 Å². The highest BCUT2D eigenvalue weighted by atomic mass is 35.5. The number of aromatic amines is 1. The van der Waals surface area contributed by atoms with E-state index in [1.807, 2.05) is 24.3 Å². The van der Waals surface area contributed by atoms with Crippen molar-refractivity contribution in [1.29, 1.82) is 0 Å². The molecule has 0 atom stereocenters. The largest absolute Gasteiger partial charge is 0.417 e. The molecule has 0 bridgehead atoms. The summed E-state index contributed by atoms with van der Waals surface area (Å²) in [6.07, 6.45) is -2.21. The highest BCUT2D eigenvalue weighted by Crippen LogP contribution is 2.38. The van der Waals surface area contributed by atoms with Crippen molar-refractivity contribution in [3.8, 4) is 11.4 Å². The van der Waals surface area contributed by atoms with E-state index in [-0.39, 0.29) is 33.4 Å². The maximum Gasteiger partial charge on any atom is 0.417 e. The van der Waals surface area contributed by atoms with Crippen LogP contribution >= 0.6 is 11.6 Å². The van der Waals surface area contributed by atoms with E-state index in [4.69, 9.17) is 11.6 Å². The fourth-order valence-corrected chi connectivity index (χ4v) is 4.62. The number of carbonyl (C=O) groups is 1. The predicted molar refractivity (Wildman–Crippen MR) is 130 cm³/mol. The zero-order chi connectivity index (χ0) is 24.6. The van der Waals surface area contributed by atoms with Gasteiger partial charge in [-0.05, 0) is 74.0 Å². The van der Waals surface area contributed by atoms with Gasteiger partial charge in [0.15, 0.2) is 0 Å². The average Bonchev–Trinajstić information content (AvgIpc) is 3.48. The van der Waals surface area contributed by atoms with Crippen LogP contribution in [0.3, 0.4) is 0 Å². The molecule has 2 heterocycles. The topological polar surface area (TPSA) is 61.0 Å². The molecular formula is C26H22ClF3N4O. The minimum absolute atomic E-state index is 0.0110. The number of likely N-dealkylation sites (tertiary alicyclic amines) is 1. The van der Waals surface area contributed by atoms with Gasteiger partial charge in [0.05, 0.1) is 16.6 Å². The molecule has 0 saturated carbocycles. The molecule has 35 heavy (non-hydrogen) atoms. The van der Waals surface area contributed by atoms with Crippen LogP contribution in [0.25, 0.3) is 22.4 Å². The van der Waals surface area contributed by atoms with E-state index in [0.717, 1.165) is 31.3 Å². The number of rotatable bonds is 5. The molecule has 4 aromatic rings. The number of fused-ring (bicyclic) bond motifs is 1. The van der Waals surface area contributed by atoms with Gasteiger partial charge in [0.2, 0.25) is 0 Å². The first-order chi connectivity index (χ1) is 16.8. The van der Waals surface area contributed by atoms with Gasteiger partial charge in [0.25, 0.3) is 5.91 Å². The lowest BCUT2D eigenvalue weighted by atomic mass is 10.1. The number of para-hydroxylation sites is 1.